The molecule has 6 nitrogen and oxygen atoms in total. The molecule has 1 aromatic carbocycles. The third-order valence-electron chi connectivity index (χ3n) is 3.85. The second-order valence-electron chi connectivity index (χ2n) is 5.17. The fourth-order valence-electron chi connectivity index (χ4n) is 2.54. The maximum absolute atomic E-state index is 12.2. The van der Waals surface area contributed by atoms with Crippen LogP contribution in [0.1, 0.15) is 17.5 Å². The molecule has 1 unspecified atom stereocenters. The number of carbonyl (C=O) groups is 1. The number of hydrogen-bond donors (Lipinski definition) is 1. The minimum Gasteiger partial charge on any atom is -0.396 e. The summed E-state index contributed by atoms with van der Waals surface area (Å²) in [5.41, 5.74) is 1.28. The topological polar surface area (TPSA) is 83.7 Å². The molecule has 0 aromatic heterocycles. The Morgan fingerprint density at radius 3 is 2.90 bits per heavy atom. The summed E-state index contributed by atoms with van der Waals surface area (Å²) in [6.07, 6.45) is 0.988. The van der Waals surface area contributed by atoms with Gasteiger partial charge in [-0.05, 0) is 18.9 Å². The summed E-state index contributed by atoms with van der Waals surface area (Å²) >= 11 is 0. The Labute approximate surface area is 117 Å². The number of rotatable bonds is 4. The van der Waals surface area contributed by atoms with Crippen LogP contribution in [0.15, 0.2) is 18.2 Å². The van der Waals surface area contributed by atoms with E-state index in [2.05, 4.69) is 0 Å². The van der Waals surface area contributed by atoms with Gasteiger partial charge in [-0.25, -0.2) is 0 Å². The highest BCUT2D eigenvalue weighted by Gasteiger charge is 2.26. The Kier molecular flexibility index (Phi) is 4.34. The molecule has 1 atom stereocenters. The summed E-state index contributed by atoms with van der Waals surface area (Å²) in [6.45, 7) is 2.99. The number of aliphatic hydroxyl groups excluding tert-OH is 1. The molecule has 1 saturated heterocycles. The van der Waals surface area contributed by atoms with Gasteiger partial charge in [-0.1, -0.05) is 12.1 Å². The molecule has 0 aliphatic carbocycles. The lowest BCUT2D eigenvalue weighted by Crippen LogP contribution is -2.30. The highest BCUT2D eigenvalue weighted by Crippen LogP contribution is 2.23. The van der Waals surface area contributed by atoms with Crippen molar-refractivity contribution in [3.8, 4) is 0 Å². The van der Waals surface area contributed by atoms with E-state index in [9.17, 15) is 14.9 Å². The monoisotopic (exact) mass is 278 g/mol. The predicted octanol–water partition coefficient (Wildman–Crippen LogP) is 1.29. The zero-order valence-corrected chi connectivity index (χ0v) is 11.4. The molecule has 108 valence electrons. The molecular weight excluding hydrogens is 260 g/mol. The Bertz CT molecular complexity index is 530. The van der Waals surface area contributed by atoms with E-state index in [1.807, 2.05) is 0 Å². The van der Waals surface area contributed by atoms with Gasteiger partial charge in [0.1, 0.15) is 0 Å². The van der Waals surface area contributed by atoms with Gasteiger partial charge in [-0.2, -0.15) is 0 Å². The molecule has 1 heterocycles. The number of nitro groups is 1. The summed E-state index contributed by atoms with van der Waals surface area (Å²) in [5, 5.41) is 20.0. The molecule has 0 radical (unpaired) electrons. The van der Waals surface area contributed by atoms with Crippen LogP contribution in [0.5, 0.6) is 0 Å². The van der Waals surface area contributed by atoms with Crippen molar-refractivity contribution >= 4 is 11.6 Å². The molecule has 1 fully saturated rings. The number of aliphatic hydroxyl groups is 1. The first-order valence-electron chi connectivity index (χ1n) is 6.64. The second-order valence-corrected chi connectivity index (χ2v) is 5.17. The maximum Gasteiger partial charge on any atom is 0.272 e. The average molecular weight is 278 g/mol. The first-order valence-corrected chi connectivity index (χ1v) is 6.64. The van der Waals surface area contributed by atoms with Crippen LogP contribution in [0.3, 0.4) is 0 Å². The zero-order chi connectivity index (χ0) is 14.7. The number of amides is 1. The second kappa shape index (κ2) is 6.00. The van der Waals surface area contributed by atoms with Crippen molar-refractivity contribution in [3.05, 3.63) is 39.4 Å². The zero-order valence-electron chi connectivity index (χ0n) is 11.4. The normalized spacial score (nSPS) is 18.3. The third-order valence-corrected chi connectivity index (χ3v) is 3.85. The van der Waals surface area contributed by atoms with Crippen LogP contribution in [0.4, 0.5) is 5.69 Å². The maximum atomic E-state index is 12.2. The molecule has 1 amide bonds. The summed E-state index contributed by atoms with van der Waals surface area (Å²) < 4.78 is 0. The summed E-state index contributed by atoms with van der Waals surface area (Å²) in [5.74, 6) is 0.120. The quantitative estimate of drug-likeness (QED) is 0.664. The average Bonchev–Trinajstić information content (AvgIpc) is 2.89. The largest absolute Gasteiger partial charge is 0.396 e. The van der Waals surface area contributed by atoms with E-state index in [4.69, 9.17) is 5.11 Å². The van der Waals surface area contributed by atoms with Crippen molar-refractivity contribution in [2.45, 2.75) is 19.8 Å². The van der Waals surface area contributed by atoms with Gasteiger partial charge in [-0.15, -0.1) is 0 Å². The summed E-state index contributed by atoms with van der Waals surface area (Å²) in [6, 6.07) is 4.80. The molecule has 1 aromatic rings. The van der Waals surface area contributed by atoms with Crippen molar-refractivity contribution in [2.24, 2.45) is 5.92 Å². The van der Waals surface area contributed by atoms with E-state index in [1.165, 1.54) is 6.07 Å². The van der Waals surface area contributed by atoms with Gasteiger partial charge < -0.3 is 10.0 Å². The summed E-state index contributed by atoms with van der Waals surface area (Å²) in [7, 11) is 0. The molecule has 6 heteroatoms. The molecule has 1 aliphatic rings. The van der Waals surface area contributed by atoms with Gasteiger partial charge in [-0.3, -0.25) is 14.9 Å². The van der Waals surface area contributed by atoms with E-state index in [0.717, 1.165) is 6.42 Å². The molecule has 0 saturated carbocycles. The first kappa shape index (κ1) is 14.5. The lowest BCUT2D eigenvalue weighted by Gasteiger charge is -2.16. The minimum atomic E-state index is -0.430. The van der Waals surface area contributed by atoms with Crippen molar-refractivity contribution in [3.63, 3.8) is 0 Å². The Morgan fingerprint density at radius 2 is 2.30 bits per heavy atom. The van der Waals surface area contributed by atoms with Crippen LogP contribution in [-0.2, 0) is 11.2 Å². The highest BCUT2D eigenvalue weighted by atomic mass is 16.6. The third kappa shape index (κ3) is 2.96. The van der Waals surface area contributed by atoms with E-state index >= 15 is 0 Å². The lowest BCUT2D eigenvalue weighted by atomic mass is 10.0. The molecule has 0 bridgehead atoms. The van der Waals surface area contributed by atoms with Crippen molar-refractivity contribution in [1.82, 2.24) is 4.90 Å². The highest BCUT2D eigenvalue weighted by molar-refractivity contribution is 5.79. The van der Waals surface area contributed by atoms with Gasteiger partial charge in [0.25, 0.3) is 5.69 Å². The Balaban J connectivity index is 2.09. The number of likely N-dealkylation sites (tertiary alicyclic amines) is 1. The fourth-order valence-corrected chi connectivity index (χ4v) is 2.54. The van der Waals surface area contributed by atoms with Gasteiger partial charge in [0.15, 0.2) is 0 Å². The van der Waals surface area contributed by atoms with Gasteiger partial charge in [0, 0.05) is 37.2 Å². The number of hydrogen-bond acceptors (Lipinski definition) is 4. The Morgan fingerprint density at radius 1 is 1.55 bits per heavy atom. The van der Waals surface area contributed by atoms with Crippen LogP contribution in [-0.4, -0.2) is 40.5 Å². The number of nitro benzene ring substituents is 1. The van der Waals surface area contributed by atoms with Crippen LogP contribution >= 0.6 is 0 Å². The smallest absolute Gasteiger partial charge is 0.272 e. The molecule has 20 heavy (non-hydrogen) atoms. The SMILES string of the molecule is Cc1c(CC(=O)N2CCC(CO)C2)cccc1[N+](=O)[O-]. The fraction of sp³-hybridized carbons (Fsp3) is 0.500. The number of benzene rings is 1. The van der Waals surface area contributed by atoms with Crippen LogP contribution in [0.25, 0.3) is 0 Å². The van der Waals surface area contributed by atoms with Crippen molar-refractivity contribution < 1.29 is 14.8 Å². The molecule has 2 rings (SSSR count). The van der Waals surface area contributed by atoms with Crippen molar-refractivity contribution in [1.29, 1.82) is 0 Å². The van der Waals surface area contributed by atoms with Crippen molar-refractivity contribution in [2.75, 3.05) is 19.7 Å². The molecule has 1 aliphatic heterocycles. The standard InChI is InChI=1S/C14H18N2O4/c1-10-12(3-2-4-13(10)16(19)20)7-14(18)15-6-5-11(8-15)9-17/h2-4,11,17H,5-9H2,1H3. The summed E-state index contributed by atoms with van der Waals surface area (Å²) in [4.78, 5) is 24.4. The van der Waals surface area contributed by atoms with Gasteiger partial charge in [0.05, 0.1) is 11.3 Å². The van der Waals surface area contributed by atoms with E-state index in [-0.39, 0.29) is 30.5 Å². The van der Waals surface area contributed by atoms with Crippen LogP contribution < -0.4 is 0 Å². The number of nitrogens with zero attached hydrogens (tertiary/aromatic N) is 2. The first-order chi connectivity index (χ1) is 9.52. The van der Waals surface area contributed by atoms with E-state index < -0.39 is 4.92 Å². The van der Waals surface area contributed by atoms with E-state index in [0.29, 0.717) is 24.2 Å². The van der Waals surface area contributed by atoms with Gasteiger partial charge >= 0.3 is 0 Å². The van der Waals surface area contributed by atoms with Gasteiger partial charge in [0.2, 0.25) is 5.91 Å². The van der Waals surface area contributed by atoms with Crippen LogP contribution in [0, 0.1) is 23.0 Å². The van der Waals surface area contributed by atoms with Crippen LogP contribution in [0.2, 0.25) is 0 Å². The minimum absolute atomic E-state index is 0.0375. The molecule has 1 N–H and O–H groups in total. The molecular formula is C14H18N2O4. The van der Waals surface area contributed by atoms with E-state index in [1.54, 1.807) is 24.0 Å². The Hall–Kier alpha value is -1.95. The number of carbonyl (C=O) groups excluding carboxylic acids is 1. The predicted molar refractivity (Wildman–Crippen MR) is 73.3 cm³/mol. The molecule has 0 spiro atoms. The lowest BCUT2D eigenvalue weighted by molar-refractivity contribution is -0.385.